The van der Waals surface area contributed by atoms with Crippen molar-refractivity contribution in [3.05, 3.63) is 65.4 Å². The molecule has 7 heteroatoms. The minimum atomic E-state index is -1.00. The predicted molar refractivity (Wildman–Crippen MR) is 97.6 cm³/mol. The van der Waals surface area contributed by atoms with Crippen molar-refractivity contribution >= 4 is 41.0 Å². The third-order valence-corrected chi connectivity index (χ3v) is 3.94. The molecule has 2 N–H and O–H groups in total. The van der Waals surface area contributed by atoms with Crippen LogP contribution in [0.3, 0.4) is 0 Å². The summed E-state index contributed by atoms with van der Waals surface area (Å²) in [6.45, 7) is 0. The first-order chi connectivity index (χ1) is 12.0. The summed E-state index contributed by atoms with van der Waals surface area (Å²) in [5.74, 6) is -0.671. The minimum absolute atomic E-state index is 0.182. The highest BCUT2D eigenvalue weighted by Gasteiger charge is 2.32. The van der Waals surface area contributed by atoms with E-state index in [4.69, 9.17) is 22.1 Å². The van der Waals surface area contributed by atoms with Gasteiger partial charge in [0.05, 0.1) is 18.4 Å². The zero-order valence-electron chi connectivity index (χ0n) is 13.2. The number of anilines is 1. The number of nitrogens with zero attached hydrogens (tertiary/aromatic N) is 1. The highest BCUT2D eigenvalue weighted by Crippen LogP contribution is 2.26. The van der Waals surface area contributed by atoms with Crippen LogP contribution in [0.4, 0.5) is 5.69 Å². The third kappa shape index (κ3) is 3.36. The number of hydrogen-bond donors (Lipinski definition) is 2. The van der Waals surface area contributed by atoms with Crippen LogP contribution in [0.5, 0.6) is 5.75 Å². The Morgan fingerprint density at radius 3 is 2.60 bits per heavy atom. The van der Waals surface area contributed by atoms with Crippen LogP contribution in [0.25, 0.3) is 6.08 Å². The van der Waals surface area contributed by atoms with Crippen molar-refractivity contribution in [2.45, 2.75) is 0 Å². The first-order valence-electron chi connectivity index (χ1n) is 7.34. The Morgan fingerprint density at radius 2 is 1.96 bits per heavy atom. The summed E-state index contributed by atoms with van der Waals surface area (Å²) in [6.07, 6.45) is 1.63. The van der Waals surface area contributed by atoms with E-state index >= 15 is 0 Å². The van der Waals surface area contributed by atoms with E-state index in [2.05, 4.69) is 5.32 Å². The van der Waals surface area contributed by atoms with Gasteiger partial charge in [-0.1, -0.05) is 18.2 Å². The summed E-state index contributed by atoms with van der Waals surface area (Å²) >= 11 is 5.26. The van der Waals surface area contributed by atoms with Crippen LogP contribution in [-0.4, -0.2) is 29.2 Å². The summed E-state index contributed by atoms with van der Waals surface area (Å²) in [6, 6.07) is 13.2. The molecule has 0 saturated carbocycles. The van der Waals surface area contributed by atoms with Crippen LogP contribution in [0.1, 0.15) is 15.9 Å². The maximum atomic E-state index is 12.7. The Labute approximate surface area is 149 Å². The molecule has 1 heterocycles. The van der Waals surface area contributed by atoms with E-state index < -0.39 is 5.97 Å². The summed E-state index contributed by atoms with van der Waals surface area (Å²) < 4.78 is 5.17. The second-order valence-electron chi connectivity index (χ2n) is 5.26. The molecule has 1 fully saturated rings. The molecule has 126 valence electrons. The molecule has 0 atom stereocenters. The number of carbonyl (C=O) groups excluding carboxylic acids is 1. The van der Waals surface area contributed by atoms with E-state index in [9.17, 15) is 9.59 Å². The van der Waals surface area contributed by atoms with E-state index in [1.807, 2.05) is 0 Å². The van der Waals surface area contributed by atoms with Crippen LogP contribution < -0.4 is 15.0 Å². The SMILES string of the molecule is COc1cccc(N2C(=O)/C(=C\c3ccc(C(=O)O)cc3)NC2=S)c1. The fourth-order valence-corrected chi connectivity index (χ4v) is 2.71. The number of carboxylic acids is 1. The Morgan fingerprint density at radius 1 is 1.24 bits per heavy atom. The Balaban J connectivity index is 1.88. The van der Waals surface area contributed by atoms with Gasteiger partial charge in [-0.2, -0.15) is 0 Å². The molecular formula is C18H14N2O4S. The van der Waals surface area contributed by atoms with Gasteiger partial charge in [0, 0.05) is 6.07 Å². The molecule has 0 unspecified atom stereocenters. The van der Waals surface area contributed by atoms with E-state index in [0.717, 1.165) is 0 Å². The number of thiocarbonyl (C=S) groups is 1. The molecule has 6 nitrogen and oxygen atoms in total. The number of aromatic carboxylic acids is 1. The molecule has 0 aromatic heterocycles. The summed E-state index contributed by atoms with van der Waals surface area (Å²) in [7, 11) is 1.55. The summed E-state index contributed by atoms with van der Waals surface area (Å²) in [5, 5.41) is 12.1. The number of methoxy groups -OCH3 is 1. The van der Waals surface area contributed by atoms with Crippen molar-refractivity contribution in [2.75, 3.05) is 12.0 Å². The lowest BCUT2D eigenvalue weighted by atomic mass is 10.1. The summed E-state index contributed by atoms with van der Waals surface area (Å²) in [4.78, 5) is 24.9. The Hall–Kier alpha value is -3.19. The molecule has 0 spiro atoms. The number of nitrogens with one attached hydrogen (secondary N) is 1. The standard InChI is InChI=1S/C18H14N2O4S/c1-24-14-4-2-3-13(10-14)20-16(21)15(19-18(20)25)9-11-5-7-12(8-6-11)17(22)23/h2-10H,1H3,(H,19,25)(H,22,23)/b15-9+. The maximum Gasteiger partial charge on any atom is 0.335 e. The zero-order valence-corrected chi connectivity index (χ0v) is 14.0. The van der Waals surface area contributed by atoms with Crippen molar-refractivity contribution in [1.29, 1.82) is 0 Å². The van der Waals surface area contributed by atoms with E-state index in [1.165, 1.54) is 17.0 Å². The fourth-order valence-electron chi connectivity index (χ4n) is 2.41. The minimum Gasteiger partial charge on any atom is -0.497 e. The van der Waals surface area contributed by atoms with Gasteiger partial charge in [-0.15, -0.1) is 0 Å². The lowest BCUT2D eigenvalue weighted by molar-refractivity contribution is -0.113. The van der Waals surface area contributed by atoms with Gasteiger partial charge in [0.25, 0.3) is 5.91 Å². The molecule has 1 aliphatic rings. The van der Waals surface area contributed by atoms with Crippen molar-refractivity contribution in [3.8, 4) is 5.75 Å². The first kappa shape index (κ1) is 16.7. The average Bonchev–Trinajstić information content (AvgIpc) is 2.89. The zero-order chi connectivity index (χ0) is 18.0. The lowest BCUT2D eigenvalue weighted by Gasteiger charge is -2.14. The third-order valence-electron chi connectivity index (χ3n) is 3.66. The van der Waals surface area contributed by atoms with Gasteiger partial charge >= 0.3 is 5.97 Å². The summed E-state index contributed by atoms with van der Waals surface area (Å²) in [5.41, 5.74) is 1.79. The normalized spacial score (nSPS) is 15.4. The molecule has 0 bridgehead atoms. The van der Waals surface area contributed by atoms with Crippen LogP contribution in [0.2, 0.25) is 0 Å². The van der Waals surface area contributed by atoms with Gasteiger partial charge in [-0.05, 0) is 48.1 Å². The molecule has 2 aromatic carbocycles. The quantitative estimate of drug-likeness (QED) is 0.649. The molecular weight excluding hydrogens is 340 g/mol. The van der Waals surface area contributed by atoms with Crippen LogP contribution >= 0.6 is 12.2 Å². The van der Waals surface area contributed by atoms with E-state index in [1.54, 1.807) is 49.6 Å². The molecule has 2 aromatic rings. The van der Waals surface area contributed by atoms with Crippen molar-refractivity contribution in [2.24, 2.45) is 0 Å². The van der Waals surface area contributed by atoms with Gasteiger partial charge in [-0.3, -0.25) is 9.69 Å². The predicted octanol–water partition coefficient (Wildman–Crippen LogP) is 2.66. The molecule has 25 heavy (non-hydrogen) atoms. The second kappa shape index (κ2) is 6.74. The van der Waals surface area contributed by atoms with E-state index in [0.29, 0.717) is 22.7 Å². The van der Waals surface area contributed by atoms with E-state index in [-0.39, 0.29) is 16.6 Å². The lowest BCUT2D eigenvalue weighted by Crippen LogP contribution is -2.30. The molecule has 1 saturated heterocycles. The first-order valence-corrected chi connectivity index (χ1v) is 7.75. The highest BCUT2D eigenvalue weighted by molar-refractivity contribution is 7.80. The number of amides is 1. The Kier molecular flexibility index (Phi) is 4.49. The van der Waals surface area contributed by atoms with Gasteiger partial charge in [0.15, 0.2) is 5.11 Å². The van der Waals surface area contributed by atoms with Crippen LogP contribution in [-0.2, 0) is 4.79 Å². The molecule has 1 aliphatic heterocycles. The molecule has 0 aliphatic carbocycles. The van der Waals surface area contributed by atoms with Gasteiger partial charge in [0.1, 0.15) is 11.4 Å². The van der Waals surface area contributed by atoms with Gasteiger partial charge in [0.2, 0.25) is 0 Å². The number of ether oxygens (including phenoxy) is 1. The van der Waals surface area contributed by atoms with Gasteiger partial charge in [-0.25, -0.2) is 4.79 Å². The fraction of sp³-hybridized carbons (Fsp3) is 0.0556. The van der Waals surface area contributed by atoms with Crippen molar-refractivity contribution in [3.63, 3.8) is 0 Å². The number of hydrogen-bond acceptors (Lipinski definition) is 4. The highest BCUT2D eigenvalue weighted by atomic mass is 32.1. The molecule has 0 radical (unpaired) electrons. The number of carboxylic acid groups (broad SMARTS) is 1. The molecule has 1 amide bonds. The van der Waals surface area contributed by atoms with Crippen LogP contribution in [0.15, 0.2) is 54.2 Å². The number of benzene rings is 2. The Bertz CT molecular complexity index is 890. The van der Waals surface area contributed by atoms with Crippen molar-refractivity contribution in [1.82, 2.24) is 5.32 Å². The maximum absolute atomic E-state index is 12.7. The van der Waals surface area contributed by atoms with Crippen LogP contribution in [0, 0.1) is 0 Å². The number of rotatable bonds is 4. The topological polar surface area (TPSA) is 78.9 Å². The second-order valence-corrected chi connectivity index (χ2v) is 5.64. The number of carbonyl (C=O) groups is 2. The smallest absolute Gasteiger partial charge is 0.335 e. The molecule has 3 rings (SSSR count). The largest absolute Gasteiger partial charge is 0.497 e. The van der Waals surface area contributed by atoms with Gasteiger partial charge < -0.3 is 15.2 Å². The average molecular weight is 354 g/mol. The van der Waals surface area contributed by atoms with Crippen molar-refractivity contribution < 1.29 is 19.4 Å². The monoisotopic (exact) mass is 354 g/mol.